The van der Waals surface area contributed by atoms with Crippen LogP contribution >= 0.6 is 11.6 Å². The van der Waals surface area contributed by atoms with Crippen molar-refractivity contribution >= 4 is 45.8 Å². The second-order valence-corrected chi connectivity index (χ2v) is 8.89. The van der Waals surface area contributed by atoms with E-state index in [0.29, 0.717) is 28.9 Å². The highest BCUT2D eigenvalue weighted by Crippen LogP contribution is 2.26. The summed E-state index contributed by atoms with van der Waals surface area (Å²) in [6.07, 6.45) is 4.08. The molecule has 1 atom stereocenters. The molecule has 0 saturated carbocycles. The quantitative estimate of drug-likeness (QED) is 0.361. The van der Waals surface area contributed by atoms with Gasteiger partial charge in [0, 0.05) is 30.5 Å². The predicted molar refractivity (Wildman–Crippen MR) is 133 cm³/mol. The maximum atomic E-state index is 12.9. The number of fused-ring (bicyclic) bond motifs is 2. The normalized spacial score (nSPS) is 15.9. The molecule has 0 bridgehead atoms. The number of imidazole rings is 2. The number of aromatic nitrogens is 4. The van der Waals surface area contributed by atoms with E-state index in [2.05, 4.69) is 25.2 Å². The SMILES string of the molecule is O=C(Nc1nc2ccc(-c3cccc(Cl)c3)cc2[nH]1)c1cn2cc(N3CCC(O)C3)ccc2n1. The first-order chi connectivity index (χ1) is 16.5. The molecule has 3 N–H and O–H groups in total. The summed E-state index contributed by atoms with van der Waals surface area (Å²) < 4.78 is 1.82. The van der Waals surface area contributed by atoms with Crippen LogP contribution < -0.4 is 10.2 Å². The summed E-state index contributed by atoms with van der Waals surface area (Å²) in [5, 5.41) is 13.3. The summed E-state index contributed by atoms with van der Waals surface area (Å²) in [5.74, 6) is 0.00279. The van der Waals surface area contributed by atoms with Crippen LogP contribution in [0.3, 0.4) is 0 Å². The number of benzene rings is 2. The molecule has 3 aromatic heterocycles. The monoisotopic (exact) mass is 472 g/mol. The summed E-state index contributed by atoms with van der Waals surface area (Å²) in [4.78, 5) is 27.1. The van der Waals surface area contributed by atoms with Crippen LogP contribution in [0.1, 0.15) is 16.9 Å². The fourth-order valence-corrected chi connectivity index (χ4v) is 4.53. The van der Waals surface area contributed by atoms with E-state index in [9.17, 15) is 9.90 Å². The Morgan fingerprint density at radius 1 is 1.09 bits per heavy atom. The first-order valence-corrected chi connectivity index (χ1v) is 11.4. The first kappa shape index (κ1) is 20.7. The van der Waals surface area contributed by atoms with E-state index in [1.165, 1.54) is 0 Å². The van der Waals surface area contributed by atoms with Crippen LogP contribution in [-0.4, -0.2) is 49.6 Å². The summed E-state index contributed by atoms with van der Waals surface area (Å²) in [6.45, 7) is 1.42. The molecule has 1 fully saturated rings. The van der Waals surface area contributed by atoms with Gasteiger partial charge in [-0.3, -0.25) is 10.1 Å². The lowest BCUT2D eigenvalue weighted by Crippen LogP contribution is -2.21. The molecule has 6 rings (SSSR count). The maximum Gasteiger partial charge on any atom is 0.278 e. The van der Waals surface area contributed by atoms with Crippen molar-refractivity contribution in [3.05, 3.63) is 77.7 Å². The lowest BCUT2D eigenvalue weighted by molar-refractivity contribution is 0.102. The minimum absolute atomic E-state index is 0.290. The number of aliphatic hydroxyl groups is 1. The Balaban J connectivity index is 1.23. The van der Waals surface area contributed by atoms with Crippen LogP contribution in [0.4, 0.5) is 11.6 Å². The van der Waals surface area contributed by atoms with Crippen LogP contribution in [0, 0.1) is 0 Å². The molecule has 1 aliphatic rings. The number of rotatable bonds is 4. The van der Waals surface area contributed by atoms with E-state index in [-0.39, 0.29) is 12.0 Å². The molecule has 170 valence electrons. The Kier molecular flexibility index (Phi) is 4.97. The highest BCUT2D eigenvalue weighted by molar-refractivity contribution is 6.30. The number of amides is 1. The van der Waals surface area contributed by atoms with Crippen LogP contribution in [0.2, 0.25) is 5.02 Å². The van der Waals surface area contributed by atoms with E-state index in [0.717, 1.165) is 40.8 Å². The van der Waals surface area contributed by atoms with Crippen molar-refractivity contribution < 1.29 is 9.90 Å². The third-order valence-corrected chi connectivity index (χ3v) is 6.30. The molecule has 0 spiro atoms. The number of nitrogens with one attached hydrogen (secondary N) is 2. The second kappa shape index (κ2) is 8.16. The van der Waals surface area contributed by atoms with Crippen molar-refractivity contribution in [2.75, 3.05) is 23.3 Å². The van der Waals surface area contributed by atoms with Gasteiger partial charge < -0.3 is 19.4 Å². The molecule has 1 aliphatic heterocycles. The summed E-state index contributed by atoms with van der Waals surface area (Å²) in [5.41, 5.74) is 5.50. The minimum Gasteiger partial charge on any atom is -0.391 e. The lowest BCUT2D eigenvalue weighted by atomic mass is 10.1. The molecule has 2 aromatic carbocycles. The molecular formula is C25H21ClN6O2. The van der Waals surface area contributed by atoms with Gasteiger partial charge in [0.15, 0.2) is 0 Å². The smallest absolute Gasteiger partial charge is 0.278 e. The zero-order valence-electron chi connectivity index (χ0n) is 18.1. The van der Waals surface area contributed by atoms with E-state index < -0.39 is 0 Å². The Hall–Kier alpha value is -3.88. The minimum atomic E-state index is -0.351. The van der Waals surface area contributed by atoms with E-state index in [1.807, 2.05) is 65.2 Å². The van der Waals surface area contributed by atoms with Crippen LogP contribution in [0.15, 0.2) is 67.0 Å². The van der Waals surface area contributed by atoms with Gasteiger partial charge in [0.1, 0.15) is 11.3 Å². The van der Waals surface area contributed by atoms with Gasteiger partial charge in [0.05, 0.1) is 22.8 Å². The van der Waals surface area contributed by atoms with Gasteiger partial charge in [-0.25, -0.2) is 9.97 Å². The third kappa shape index (κ3) is 3.87. The zero-order valence-corrected chi connectivity index (χ0v) is 18.8. The number of H-pyrrole nitrogens is 1. The summed E-state index contributed by atoms with van der Waals surface area (Å²) >= 11 is 6.12. The van der Waals surface area contributed by atoms with Gasteiger partial charge in [0.25, 0.3) is 5.91 Å². The third-order valence-electron chi connectivity index (χ3n) is 6.07. The molecule has 1 unspecified atom stereocenters. The largest absolute Gasteiger partial charge is 0.391 e. The molecule has 1 saturated heterocycles. The van der Waals surface area contributed by atoms with Crippen LogP contribution in [0.25, 0.3) is 27.8 Å². The number of β-amino-alcohol motifs (C(OH)–C–C–N with tert-alkyl or cyclic N) is 1. The Morgan fingerprint density at radius 3 is 2.79 bits per heavy atom. The fourth-order valence-electron chi connectivity index (χ4n) is 4.34. The molecule has 9 heteroatoms. The van der Waals surface area contributed by atoms with E-state index in [1.54, 1.807) is 6.20 Å². The summed E-state index contributed by atoms with van der Waals surface area (Å²) in [6, 6.07) is 17.3. The number of hydrogen-bond acceptors (Lipinski definition) is 5. The van der Waals surface area contributed by atoms with Crippen LogP contribution in [-0.2, 0) is 0 Å². The van der Waals surface area contributed by atoms with E-state index >= 15 is 0 Å². The number of nitrogens with zero attached hydrogens (tertiary/aromatic N) is 4. The molecule has 34 heavy (non-hydrogen) atoms. The Bertz CT molecular complexity index is 1540. The van der Waals surface area contributed by atoms with Gasteiger partial charge in [0.2, 0.25) is 5.95 Å². The number of hydrogen-bond donors (Lipinski definition) is 3. The zero-order chi connectivity index (χ0) is 23.2. The van der Waals surface area contributed by atoms with E-state index in [4.69, 9.17) is 11.6 Å². The molecule has 0 aliphatic carbocycles. The highest BCUT2D eigenvalue weighted by Gasteiger charge is 2.21. The number of carbonyl (C=O) groups is 1. The predicted octanol–water partition coefficient (Wildman–Crippen LogP) is 4.35. The van der Waals surface area contributed by atoms with Gasteiger partial charge in [-0.1, -0.05) is 29.8 Å². The van der Waals surface area contributed by atoms with Gasteiger partial charge >= 0.3 is 0 Å². The van der Waals surface area contributed by atoms with Crippen molar-refractivity contribution in [1.82, 2.24) is 19.4 Å². The van der Waals surface area contributed by atoms with Gasteiger partial charge in [-0.05, 0) is 53.9 Å². The topological polar surface area (TPSA) is 98.5 Å². The van der Waals surface area contributed by atoms with Gasteiger partial charge in [-0.15, -0.1) is 0 Å². The molecular weight excluding hydrogens is 452 g/mol. The Morgan fingerprint density at radius 2 is 1.97 bits per heavy atom. The van der Waals surface area contributed by atoms with Crippen molar-refractivity contribution in [1.29, 1.82) is 0 Å². The number of halogens is 1. The maximum absolute atomic E-state index is 12.9. The molecule has 0 radical (unpaired) electrons. The molecule has 1 amide bonds. The van der Waals surface area contributed by atoms with Crippen LogP contribution in [0.5, 0.6) is 0 Å². The fraction of sp³-hybridized carbons (Fsp3) is 0.160. The molecule has 8 nitrogen and oxygen atoms in total. The first-order valence-electron chi connectivity index (χ1n) is 11.0. The average Bonchev–Trinajstić information content (AvgIpc) is 3.55. The second-order valence-electron chi connectivity index (χ2n) is 8.45. The highest BCUT2D eigenvalue weighted by atomic mass is 35.5. The van der Waals surface area contributed by atoms with Crippen molar-refractivity contribution in [2.24, 2.45) is 0 Å². The number of aliphatic hydroxyl groups excluding tert-OH is 1. The lowest BCUT2D eigenvalue weighted by Gasteiger charge is -2.17. The number of pyridine rings is 1. The number of anilines is 2. The number of carbonyl (C=O) groups excluding carboxylic acids is 1. The Labute approximate surface area is 199 Å². The van der Waals surface area contributed by atoms with Gasteiger partial charge in [-0.2, -0.15) is 0 Å². The standard InChI is InChI=1S/C25H21ClN6O2/c26-17-3-1-2-15(10-17)16-4-6-20-21(11-16)29-25(28-20)30-24(34)22-14-32-12-18(5-7-23(32)27-22)31-9-8-19(33)13-31/h1-7,10-12,14,19,33H,8-9,13H2,(H2,28,29,30,34). The van der Waals surface area contributed by atoms with Crippen molar-refractivity contribution in [3.8, 4) is 11.1 Å². The molecule has 5 aromatic rings. The van der Waals surface area contributed by atoms with Crippen molar-refractivity contribution in [2.45, 2.75) is 12.5 Å². The number of aromatic amines is 1. The summed E-state index contributed by atoms with van der Waals surface area (Å²) in [7, 11) is 0. The molecule has 4 heterocycles. The van der Waals surface area contributed by atoms with Crippen molar-refractivity contribution in [3.63, 3.8) is 0 Å². The average molecular weight is 473 g/mol.